The molecule has 0 fully saturated rings. The van der Waals surface area contributed by atoms with Crippen molar-refractivity contribution in [3.63, 3.8) is 0 Å². The molecule has 2 N–H and O–H groups in total. The lowest BCUT2D eigenvalue weighted by Gasteiger charge is -2.04. The second-order valence-corrected chi connectivity index (χ2v) is 3.20. The lowest BCUT2D eigenvalue weighted by atomic mass is 10.3. The first-order valence-corrected chi connectivity index (χ1v) is 4.67. The highest BCUT2D eigenvalue weighted by molar-refractivity contribution is 5.43. The summed E-state index contributed by atoms with van der Waals surface area (Å²) in [5.41, 5.74) is 1.65. The van der Waals surface area contributed by atoms with Crippen LogP contribution in [0.3, 0.4) is 0 Å². The van der Waals surface area contributed by atoms with E-state index in [9.17, 15) is 0 Å². The van der Waals surface area contributed by atoms with E-state index >= 15 is 0 Å². The van der Waals surface area contributed by atoms with E-state index in [0.29, 0.717) is 12.2 Å². The Kier molecular flexibility index (Phi) is 1.96. The van der Waals surface area contributed by atoms with Crippen LogP contribution in [0.5, 0.6) is 0 Å². The number of nitrogens with one attached hydrogen (secondary N) is 2. The second-order valence-electron chi connectivity index (χ2n) is 3.20. The molecule has 0 aliphatic carbocycles. The lowest BCUT2D eigenvalue weighted by Crippen LogP contribution is -2.05. The second kappa shape index (κ2) is 3.57. The molecule has 3 aromatic rings. The van der Waals surface area contributed by atoms with E-state index in [1.807, 2.05) is 6.20 Å². The van der Waals surface area contributed by atoms with Gasteiger partial charge in [-0.3, -0.25) is 10.1 Å². The van der Waals surface area contributed by atoms with Gasteiger partial charge in [0.2, 0.25) is 0 Å². The van der Waals surface area contributed by atoms with Gasteiger partial charge in [-0.25, -0.2) is 0 Å². The average molecular weight is 216 g/mol. The maximum absolute atomic E-state index is 4.04. The molecule has 0 spiro atoms. The number of fused-ring (bicyclic) bond motifs is 1. The molecule has 0 amide bonds. The normalized spacial score (nSPS) is 10.8. The zero-order valence-corrected chi connectivity index (χ0v) is 8.20. The molecule has 3 heterocycles. The molecule has 0 aliphatic rings. The van der Waals surface area contributed by atoms with Gasteiger partial charge in [0.15, 0.2) is 11.5 Å². The number of H-pyrrole nitrogens is 1. The van der Waals surface area contributed by atoms with Crippen molar-refractivity contribution in [1.82, 2.24) is 35.2 Å². The van der Waals surface area contributed by atoms with E-state index in [1.54, 1.807) is 23.1 Å². The van der Waals surface area contributed by atoms with Crippen LogP contribution in [0.2, 0.25) is 0 Å². The van der Waals surface area contributed by atoms with E-state index in [0.717, 1.165) is 11.4 Å². The molecule has 0 saturated heterocycles. The number of aromatic amines is 1. The molecule has 0 saturated carbocycles. The van der Waals surface area contributed by atoms with Gasteiger partial charge >= 0.3 is 0 Å². The average Bonchev–Trinajstić information content (AvgIpc) is 2.97. The fourth-order valence-electron chi connectivity index (χ4n) is 1.36. The molecular formula is C8H8N8. The van der Waals surface area contributed by atoms with Gasteiger partial charge < -0.3 is 5.32 Å². The number of nitrogens with zero attached hydrogens (tertiary/aromatic N) is 6. The highest BCUT2D eigenvalue weighted by Gasteiger charge is 2.03. The molecular weight excluding hydrogens is 208 g/mol. The monoisotopic (exact) mass is 216 g/mol. The fourth-order valence-corrected chi connectivity index (χ4v) is 1.36. The topological polar surface area (TPSA) is 96.7 Å². The number of aromatic nitrogens is 7. The Hall–Kier alpha value is -2.51. The fraction of sp³-hybridized carbons (Fsp3) is 0.125. The quantitative estimate of drug-likeness (QED) is 0.632. The van der Waals surface area contributed by atoms with Crippen molar-refractivity contribution >= 4 is 11.5 Å². The van der Waals surface area contributed by atoms with E-state index < -0.39 is 0 Å². The molecule has 3 rings (SSSR count). The first-order valence-electron chi connectivity index (χ1n) is 4.67. The van der Waals surface area contributed by atoms with Gasteiger partial charge in [-0.15, -0.1) is 5.10 Å². The van der Waals surface area contributed by atoms with Crippen molar-refractivity contribution in [2.45, 2.75) is 6.54 Å². The predicted octanol–water partition coefficient (Wildman–Crippen LogP) is -0.146. The smallest absolute Gasteiger partial charge is 0.199 e. The number of tetrazole rings is 1. The molecule has 16 heavy (non-hydrogen) atoms. The van der Waals surface area contributed by atoms with Crippen molar-refractivity contribution in [3.05, 3.63) is 30.4 Å². The molecule has 3 aromatic heterocycles. The molecule has 0 aromatic carbocycles. The van der Waals surface area contributed by atoms with Gasteiger partial charge in [0.25, 0.3) is 0 Å². The minimum absolute atomic E-state index is 0.609. The lowest BCUT2D eigenvalue weighted by molar-refractivity contribution is 0.819. The summed E-state index contributed by atoms with van der Waals surface area (Å²) in [7, 11) is 0. The Balaban J connectivity index is 1.86. The van der Waals surface area contributed by atoms with Gasteiger partial charge in [0.05, 0.1) is 18.6 Å². The zero-order valence-electron chi connectivity index (χ0n) is 8.20. The maximum Gasteiger partial charge on any atom is 0.199 e. The highest BCUT2D eigenvalue weighted by Crippen LogP contribution is 2.07. The number of hydrogen-bond acceptors (Lipinski definition) is 6. The van der Waals surface area contributed by atoms with Crippen LogP contribution in [0.1, 0.15) is 5.56 Å². The summed E-state index contributed by atoms with van der Waals surface area (Å²) in [6, 6.07) is 0. The molecule has 0 aliphatic heterocycles. The third-order valence-electron chi connectivity index (χ3n) is 2.14. The van der Waals surface area contributed by atoms with Gasteiger partial charge in [0.1, 0.15) is 0 Å². The highest BCUT2D eigenvalue weighted by atomic mass is 15.5. The van der Waals surface area contributed by atoms with E-state index in [-0.39, 0.29) is 0 Å². The van der Waals surface area contributed by atoms with Gasteiger partial charge in [-0.05, 0) is 10.4 Å². The summed E-state index contributed by atoms with van der Waals surface area (Å²) in [5.74, 6) is 0.740. The van der Waals surface area contributed by atoms with E-state index in [1.165, 1.54) is 0 Å². The molecule has 8 heteroatoms. The standard InChI is InChI=1S/C8H8N8/c1(6-2-11-12-3-6)10-7-4-9-5-8-13-14-15-16(7)8/h2-5,10H,1H2,(H,11,12). The van der Waals surface area contributed by atoms with Crippen LogP contribution >= 0.6 is 0 Å². The van der Waals surface area contributed by atoms with Crippen molar-refractivity contribution in [2.75, 3.05) is 5.32 Å². The van der Waals surface area contributed by atoms with Gasteiger partial charge in [-0.1, -0.05) is 0 Å². The molecule has 80 valence electrons. The Bertz CT molecular complexity index is 583. The van der Waals surface area contributed by atoms with Gasteiger partial charge in [-0.2, -0.15) is 9.61 Å². The Labute approximate surface area is 89.7 Å². The summed E-state index contributed by atoms with van der Waals surface area (Å²) in [6.45, 7) is 0.636. The van der Waals surface area contributed by atoms with E-state index in [4.69, 9.17) is 0 Å². The van der Waals surface area contributed by atoms with Crippen molar-refractivity contribution in [1.29, 1.82) is 0 Å². The van der Waals surface area contributed by atoms with E-state index in [2.05, 4.69) is 36.0 Å². The SMILES string of the molecule is c1n[nH]cc1CNc1cncc2nnnn12. The third kappa shape index (κ3) is 1.45. The Morgan fingerprint density at radius 3 is 3.19 bits per heavy atom. The van der Waals surface area contributed by atoms with Crippen LogP contribution in [0.15, 0.2) is 24.8 Å². The van der Waals surface area contributed by atoms with Crippen LogP contribution in [0, 0.1) is 0 Å². The minimum Gasteiger partial charge on any atom is -0.364 e. The minimum atomic E-state index is 0.609. The summed E-state index contributed by atoms with van der Waals surface area (Å²) in [5, 5.41) is 21.0. The predicted molar refractivity (Wildman–Crippen MR) is 54.5 cm³/mol. The first kappa shape index (κ1) is 8.77. The summed E-state index contributed by atoms with van der Waals surface area (Å²) in [4.78, 5) is 4.04. The van der Waals surface area contributed by atoms with Crippen LogP contribution in [0.4, 0.5) is 5.82 Å². The number of anilines is 1. The van der Waals surface area contributed by atoms with Crippen molar-refractivity contribution < 1.29 is 0 Å². The summed E-state index contributed by atoms with van der Waals surface area (Å²) >= 11 is 0. The van der Waals surface area contributed by atoms with Crippen LogP contribution in [-0.4, -0.2) is 35.2 Å². The van der Waals surface area contributed by atoms with Crippen LogP contribution in [0.25, 0.3) is 5.65 Å². The molecule has 0 unspecified atom stereocenters. The molecule has 0 atom stereocenters. The largest absolute Gasteiger partial charge is 0.364 e. The summed E-state index contributed by atoms with van der Waals surface area (Å²) < 4.78 is 1.59. The third-order valence-corrected chi connectivity index (χ3v) is 2.14. The molecule has 0 bridgehead atoms. The Morgan fingerprint density at radius 1 is 1.31 bits per heavy atom. The van der Waals surface area contributed by atoms with Crippen molar-refractivity contribution in [3.8, 4) is 0 Å². The first-order chi connectivity index (χ1) is 7.93. The molecule has 0 radical (unpaired) electrons. The zero-order chi connectivity index (χ0) is 10.8. The maximum atomic E-state index is 4.04. The number of hydrogen-bond donors (Lipinski definition) is 2. The van der Waals surface area contributed by atoms with Crippen LogP contribution in [-0.2, 0) is 6.54 Å². The molecule has 8 nitrogen and oxygen atoms in total. The number of rotatable bonds is 3. The summed E-state index contributed by atoms with van der Waals surface area (Å²) in [6.07, 6.45) is 6.84. The Morgan fingerprint density at radius 2 is 2.31 bits per heavy atom. The van der Waals surface area contributed by atoms with Gasteiger partial charge in [0, 0.05) is 18.3 Å². The van der Waals surface area contributed by atoms with Crippen LogP contribution < -0.4 is 5.32 Å². The van der Waals surface area contributed by atoms with Crippen molar-refractivity contribution in [2.24, 2.45) is 0 Å².